The van der Waals surface area contributed by atoms with E-state index in [0.29, 0.717) is 12.2 Å². The van der Waals surface area contributed by atoms with Gasteiger partial charge in [-0.25, -0.2) is 0 Å². The van der Waals surface area contributed by atoms with E-state index in [1.54, 1.807) is 24.3 Å². The Hall–Kier alpha value is -2.04. The second-order valence-electron chi connectivity index (χ2n) is 7.80. The van der Waals surface area contributed by atoms with E-state index in [0.717, 1.165) is 12.2 Å². The van der Waals surface area contributed by atoms with Gasteiger partial charge in [-0.15, -0.1) is 0 Å². The first-order valence-corrected chi connectivity index (χ1v) is 11.3. The van der Waals surface area contributed by atoms with Crippen LogP contribution in [0.5, 0.6) is 5.75 Å². The second-order valence-corrected chi connectivity index (χ2v) is 7.80. The summed E-state index contributed by atoms with van der Waals surface area (Å²) in [4.78, 5) is 22.7. The van der Waals surface area contributed by atoms with Crippen LogP contribution in [0.2, 0.25) is 0 Å². The molecule has 0 bridgehead atoms. The maximum absolute atomic E-state index is 11.9. The Labute approximate surface area is 176 Å². The zero-order valence-electron chi connectivity index (χ0n) is 18.3. The number of aliphatic carboxylic acids is 1. The second kappa shape index (κ2) is 15.8. The highest BCUT2D eigenvalue weighted by Gasteiger charge is 2.15. The summed E-state index contributed by atoms with van der Waals surface area (Å²) < 4.78 is 5.73. The molecule has 0 aliphatic rings. The van der Waals surface area contributed by atoms with Crippen molar-refractivity contribution in [3.05, 3.63) is 29.8 Å². The van der Waals surface area contributed by atoms with Gasteiger partial charge in [0.2, 0.25) is 0 Å². The molecular formula is C24H39NO4. The highest BCUT2D eigenvalue weighted by atomic mass is 16.5. The van der Waals surface area contributed by atoms with Crippen molar-refractivity contribution in [2.45, 2.75) is 96.9 Å². The number of carboxylic acid groups (broad SMARTS) is 1. The van der Waals surface area contributed by atoms with Crippen molar-refractivity contribution in [3.8, 4) is 5.75 Å². The molecule has 164 valence electrons. The number of hydrogen-bond acceptors (Lipinski definition) is 3. The Kier molecular flexibility index (Phi) is 13.6. The van der Waals surface area contributed by atoms with Gasteiger partial charge >= 0.3 is 5.97 Å². The predicted molar refractivity (Wildman–Crippen MR) is 118 cm³/mol. The molecule has 29 heavy (non-hydrogen) atoms. The fourth-order valence-electron chi connectivity index (χ4n) is 3.18. The van der Waals surface area contributed by atoms with Gasteiger partial charge in [-0.3, -0.25) is 9.59 Å². The number of rotatable bonds is 17. The van der Waals surface area contributed by atoms with E-state index in [-0.39, 0.29) is 0 Å². The Bertz CT molecular complexity index is 571. The van der Waals surface area contributed by atoms with Gasteiger partial charge in [0.15, 0.2) is 0 Å². The van der Waals surface area contributed by atoms with Crippen LogP contribution in [0, 0.1) is 0 Å². The van der Waals surface area contributed by atoms with E-state index < -0.39 is 17.9 Å². The van der Waals surface area contributed by atoms with Crippen LogP contribution in [0.3, 0.4) is 0 Å². The fourth-order valence-corrected chi connectivity index (χ4v) is 3.18. The number of ether oxygens (including phenoxy) is 1. The van der Waals surface area contributed by atoms with E-state index in [1.165, 1.54) is 77.6 Å². The minimum Gasteiger partial charge on any atom is -0.494 e. The van der Waals surface area contributed by atoms with Gasteiger partial charge in [0, 0.05) is 5.56 Å². The summed E-state index contributed by atoms with van der Waals surface area (Å²) in [6, 6.07) is 5.90. The third-order valence-electron chi connectivity index (χ3n) is 5.10. The van der Waals surface area contributed by atoms with Gasteiger partial charge in [0.25, 0.3) is 5.91 Å². The molecule has 5 heteroatoms. The number of hydrogen-bond donors (Lipinski definition) is 2. The molecule has 1 atom stereocenters. The SMILES string of the molecule is CCCCCCCCCCCCCCOc1ccc(C(=O)N[C@@H](C)C(=O)O)cc1. The zero-order chi connectivity index (χ0) is 21.3. The number of unbranched alkanes of at least 4 members (excludes halogenated alkanes) is 11. The largest absolute Gasteiger partial charge is 0.494 e. The Morgan fingerprint density at radius 1 is 0.862 bits per heavy atom. The average molecular weight is 406 g/mol. The van der Waals surface area contributed by atoms with Crippen molar-refractivity contribution in [3.63, 3.8) is 0 Å². The van der Waals surface area contributed by atoms with E-state index in [9.17, 15) is 9.59 Å². The Morgan fingerprint density at radius 2 is 1.34 bits per heavy atom. The Morgan fingerprint density at radius 3 is 1.83 bits per heavy atom. The number of carbonyl (C=O) groups excluding carboxylic acids is 1. The first-order valence-electron chi connectivity index (χ1n) is 11.3. The normalized spacial score (nSPS) is 11.8. The highest BCUT2D eigenvalue weighted by molar-refractivity contribution is 5.96. The van der Waals surface area contributed by atoms with Crippen molar-refractivity contribution in [2.75, 3.05) is 6.61 Å². The summed E-state index contributed by atoms with van der Waals surface area (Å²) in [7, 11) is 0. The Balaban J connectivity index is 2.03. The summed E-state index contributed by atoms with van der Waals surface area (Å²) in [5.74, 6) is -0.718. The topological polar surface area (TPSA) is 75.6 Å². The molecular weight excluding hydrogens is 366 g/mol. The summed E-state index contributed by atoms with van der Waals surface area (Å²) >= 11 is 0. The smallest absolute Gasteiger partial charge is 0.325 e. The lowest BCUT2D eigenvalue weighted by molar-refractivity contribution is -0.138. The molecule has 0 fully saturated rings. The van der Waals surface area contributed by atoms with E-state index in [4.69, 9.17) is 9.84 Å². The maximum atomic E-state index is 11.9. The van der Waals surface area contributed by atoms with Crippen LogP contribution in [0.4, 0.5) is 0 Å². The minimum absolute atomic E-state index is 0.396. The molecule has 0 saturated carbocycles. The van der Waals surface area contributed by atoms with Crippen LogP contribution in [0.1, 0.15) is 101 Å². The van der Waals surface area contributed by atoms with Crippen molar-refractivity contribution in [2.24, 2.45) is 0 Å². The summed E-state index contributed by atoms with van der Waals surface area (Å²) in [5.41, 5.74) is 0.427. The molecule has 1 aromatic carbocycles. The lowest BCUT2D eigenvalue weighted by Gasteiger charge is -2.10. The van der Waals surface area contributed by atoms with Crippen molar-refractivity contribution < 1.29 is 19.4 Å². The average Bonchev–Trinajstić information content (AvgIpc) is 2.71. The van der Waals surface area contributed by atoms with Gasteiger partial charge in [-0.05, 0) is 37.6 Å². The first kappa shape index (κ1) is 25.0. The molecule has 2 N–H and O–H groups in total. The van der Waals surface area contributed by atoms with Crippen molar-refractivity contribution in [1.29, 1.82) is 0 Å². The molecule has 0 radical (unpaired) electrons. The van der Waals surface area contributed by atoms with Crippen LogP contribution in [-0.4, -0.2) is 29.6 Å². The summed E-state index contributed by atoms with van der Waals surface area (Å²) in [6.07, 6.45) is 15.8. The quantitative estimate of drug-likeness (QED) is 0.313. The minimum atomic E-state index is -1.05. The summed E-state index contributed by atoms with van der Waals surface area (Å²) in [5, 5.41) is 11.3. The number of carbonyl (C=O) groups is 2. The molecule has 1 rings (SSSR count). The van der Waals surface area contributed by atoms with Crippen LogP contribution in [0.25, 0.3) is 0 Å². The van der Waals surface area contributed by atoms with Crippen molar-refractivity contribution in [1.82, 2.24) is 5.32 Å². The molecule has 5 nitrogen and oxygen atoms in total. The maximum Gasteiger partial charge on any atom is 0.325 e. The van der Waals surface area contributed by atoms with Gasteiger partial charge in [0.1, 0.15) is 11.8 Å². The van der Waals surface area contributed by atoms with Crippen LogP contribution < -0.4 is 10.1 Å². The molecule has 0 spiro atoms. The third-order valence-corrected chi connectivity index (χ3v) is 5.10. The third kappa shape index (κ3) is 12.2. The molecule has 0 heterocycles. The standard InChI is InChI=1S/C24H39NO4/c1-3-4-5-6-7-8-9-10-11-12-13-14-19-29-22-17-15-21(16-18-22)23(26)25-20(2)24(27)28/h15-18,20H,3-14,19H2,1-2H3,(H,25,26)(H,27,28)/t20-/m0/s1. The molecule has 1 aromatic rings. The lowest BCUT2D eigenvalue weighted by Crippen LogP contribution is -2.38. The number of carboxylic acids is 1. The van der Waals surface area contributed by atoms with Gasteiger partial charge in [-0.2, -0.15) is 0 Å². The van der Waals surface area contributed by atoms with E-state index >= 15 is 0 Å². The predicted octanol–water partition coefficient (Wildman–Crippen LogP) is 5.97. The monoisotopic (exact) mass is 405 g/mol. The molecule has 0 aromatic heterocycles. The van der Waals surface area contributed by atoms with Gasteiger partial charge in [-0.1, -0.05) is 77.6 Å². The van der Waals surface area contributed by atoms with Gasteiger partial charge < -0.3 is 15.2 Å². The zero-order valence-corrected chi connectivity index (χ0v) is 18.3. The van der Waals surface area contributed by atoms with Crippen LogP contribution >= 0.6 is 0 Å². The number of amides is 1. The molecule has 0 saturated heterocycles. The first-order chi connectivity index (χ1) is 14.0. The molecule has 0 unspecified atom stereocenters. The lowest BCUT2D eigenvalue weighted by atomic mass is 10.1. The van der Waals surface area contributed by atoms with Crippen molar-refractivity contribution >= 4 is 11.9 Å². The highest BCUT2D eigenvalue weighted by Crippen LogP contribution is 2.14. The fraction of sp³-hybridized carbons (Fsp3) is 0.667. The van der Waals surface area contributed by atoms with Crippen LogP contribution in [0.15, 0.2) is 24.3 Å². The molecule has 0 aliphatic carbocycles. The van der Waals surface area contributed by atoms with Crippen LogP contribution in [-0.2, 0) is 4.79 Å². The number of benzene rings is 1. The van der Waals surface area contributed by atoms with E-state index in [2.05, 4.69) is 12.2 Å². The molecule has 1 amide bonds. The summed E-state index contributed by atoms with van der Waals surface area (Å²) in [6.45, 7) is 4.37. The molecule has 0 aliphatic heterocycles. The van der Waals surface area contributed by atoms with E-state index in [1.807, 2.05) is 0 Å². The number of nitrogens with one attached hydrogen (secondary N) is 1. The van der Waals surface area contributed by atoms with Gasteiger partial charge in [0.05, 0.1) is 6.61 Å².